The maximum Gasteiger partial charge on any atom is 0.259 e. The van der Waals surface area contributed by atoms with Gasteiger partial charge in [0.25, 0.3) is 5.56 Å². The lowest BCUT2D eigenvalue weighted by molar-refractivity contribution is -0.120. The Labute approximate surface area is 159 Å². The highest BCUT2D eigenvalue weighted by Crippen LogP contribution is 2.25. The monoisotopic (exact) mass is 379 g/mol. The third-order valence-electron chi connectivity index (χ3n) is 4.20. The molecule has 1 amide bonds. The Bertz CT molecular complexity index is 1150. The van der Waals surface area contributed by atoms with E-state index in [1.54, 1.807) is 31.2 Å². The van der Waals surface area contributed by atoms with Crippen LogP contribution < -0.4 is 11.0 Å². The zero-order chi connectivity index (χ0) is 19.6. The van der Waals surface area contributed by atoms with Crippen molar-refractivity contribution in [2.24, 2.45) is 5.10 Å². The van der Waals surface area contributed by atoms with Crippen molar-refractivity contribution >= 4 is 33.2 Å². The van der Waals surface area contributed by atoms with Gasteiger partial charge in [0.2, 0.25) is 5.91 Å². The lowest BCUT2D eigenvalue weighted by atomic mass is 10.1. The van der Waals surface area contributed by atoms with Gasteiger partial charge in [-0.15, -0.1) is 11.3 Å². The van der Waals surface area contributed by atoms with Crippen LogP contribution in [0.3, 0.4) is 0 Å². The van der Waals surface area contributed by atoms with Gasteiger partial charge in [0.05, 0.1) is 29.2 Å². The predicted molar refractivity (Wildman–Crippen MR) is 105 cm³/mol. The van der Waals surface area contributed by atoms with E-state index in [-0.39, 0.29) is 17.9 Å². The highest BCUT2D eigenvalue weighted by atomic mass is 32.1. The Morgan fingerprint density at radius 1 is 1.33 bits per heavy atom. The average Bonchev–Trinajstić information content (AvgIpc) is 2.94. The van der Waals surface area contributed by atoms with E-state index >= 15 is 0 Å². The van der Waals surface area contributed by atoms with Crippen molar-refractivity contribution in [3.8, 4) is 6.07 Å². The van der Waals surface area contributed by atoms with E-state index in [1.165, 1.54) is 11.3 Å². The number of aromatic amines is 1. The number of aromatic nitrogens is 2. The third-order valence-corrected chi connectivity index (χ3v) is 5.30. The molecule has 2 aromatic heterocycles. The maximum atomic E-state index is 12.2. The molecule has 0 aliphatic heterocycles. The molecule has 8 heteroatoms. The van der Waals surface area contributed by atoms with E-state index in [9.17, 15) is 9.59 Å². The zero-order valence-corrected chi connectivity index (χ0v) is 15.9. The Kier molecular flexibility index (Phi) is 5.14. The highest BCUT2D eigenvalue weighted by molar-refractivity contribution is 7.18. The SMILES string of the molecule is C/C(=N\NC(=O)Cc1nc2sc(C)c(C)c2c(=O)[nH]1)c1ccc(C#N)cc1. The summed E-state index contributed by atoms with van der Waals surface area (Å²) in [6.45, 7) is 5.58. The second kappa shape index (κ2) is 7.51. The Morgan fingerprint density at radius 2 is 2.04 bits per heavy atom. The fourth-order valence-electron chi connectivity index (χ4n) is 2.57. The smallest absolute Gasteiger partial charge is 0.259 e. The topological polar surface area (TPSA) is 111 Å². The summed E-state index contributed by atoms with van der Waals surface area (Å²) in [6, 6.07) is 8.94. The summed E-state index contributed by atoms with van der Waals surface area (Å²) in [6.07, 6.45) is -0.0781. The van der Waals surface area contributed by atoms with Crippen LogP contribution in [0, 0.1) is 25.2 Å². The number of benzene rings is 1. The minimum absolute atomic E-state index is 0.0781. The van der Waals surface area contributed by atoms with Crippen LogP contribution in [0.1, 0.15) is 34.3 Å². The molecule has 0 spiro atoms. The summed E-state index contributed by atoms with van der Waals surface area (Å²) in [4.78, 5) is 33.1. The van der Waals surface area contributed by atoms with Crippen LogP contribution in [-0.4, -0.2) is 21.6 Å². The molecule has 0 aliphatic carbocycles. The van der Waals surface area contributed by atoms with Crippen LogP contribution in [0.2, 0.25) is 0 Å². The average molecular weight is 379 g/mol. The number of hydrogen-bond acceptors (Lipinski definition) is 6. The lowest BCUT2D eigenvalue weighted by Crippen LogP contribution is -2.24. The fraction of sp³-hybridized carbons (Fsp3) is 0.211. The van der Waals surface area contributed by atoms with Crippen LogP contribution in [0.15, 0.2) is 34.2 Å². The summed E-state index contributed by atoms with van der Waals surface area (Å²) >= 11 is 1.44. The van der Waals surface area contributed by atoms with Crippen LogP contribution >= 0.6 is 11.3 Å². The fourth-order valence-corrected chi connectivity index (χ4v) is 3.62. The van der Waals surface area contributed by atoms with Crippen LogP contribution in [0.5, 0.6) is 0 Å². The number of nitrogens with one attached hydrogen (secondary N) is 2. The van der Waals surface area contributed by atoms with E-state index in [0.29, 0.717) is 27.3 Å². The van der Waals surface area contributed by atoms with E-state index in [2.05, 4.69) is 20.5 Å². The van der Waals surface area contributed by atoms with Gasteiger partial charge in [0, 0.05) is 4.88 Å². The summed E-state index contributed by atoms with van der Waals surface area (Å²) in [5, 5.41) is 13.5. The molecule has 0 saturated carbocycles. The van der Waals surface area contributed by atoms with Gasteiger partial charge in [0.15, 0.2) is 0 Å². The quantitative estimate of drug-likeness (QED) is 0.536. The normalized spacial score (nSPS) is 11.4. The summed E-state index contributed by atoms with van der Waals surface area (Å²) in [5.41, 5.74) is 5.11. The van der Waals surface area contributed by atoms with Gasteiger partial charge in [-0.3, -0.25) is 9.59 Å². The second-order valence-corrected chi connectivity index (χ2v) is 7.28. The number of thiophene rings is 1. The standard InChI is InChI=1S/C19H17N5O2S/c1-10-12(3)27-19-17(10)18(26)21-15(22-19)8-16(25)24-23-11(2)14-6-4-13(9-20)5-7-14/h4-7H,8H2,1-3H3,(H,24,25)(H,21,22,26)/b23-11+. The molecule has 2 N–H and O–H groups in total. The number of carbonyl (C=O) groups excluding carboxylic acids is 1. The number of carbonyl (C=O) groups is 1. The molecule has 3 rings (SSSR count). The molecular weight excluding hydrogens is 362 g/mol. The minimum Gasteiger partial charge on any atom is -0.309 e. The molecule has 0 fully saturated rings. The predicted octanol–water partition coefficient (Wildman–Crippen LogP) is 2.56. The first kappa shape index (κ1) is 18.5. The zero-order valence-electron chi connectivity index (χ0n) is 15.1. The van der Waals surface area contributed by atoms with Crippen molar-refractivity contribution in [3.05, 3.63) is 62.0 Å². The van der Waals surface area contributed by atoms with E-state index in [4.69, 9.17) is 5.26 Å². The molecule has 1 aromatic carbocycles. The highest BCUT2D eigenvalue weighted by Gasteiger charge is 2.13. The number of rotatable bonds is 4. The number of H-pyrrole nitrogens is 1. The van der Waals surface area contributed by atoms with Gasteiger partial charge in [-0.2, -0.15) is 10.4 Å². The van der Waals surface area contributed by atoms with Gasteiger partial charge in [-0.05, 0) is 44.0 Å². The van der Waals surface area contributed by atoms with Crippen molar-refractivity contribution in [2.45, 2.75) is 27.2 Å². The lowest BCUT2D eigenvalue weighted by Gasteiger charge is -2.03. The number of hydrogen-bond donors (Lipinski definition) is 2. The largest absolute Gasteiger partial charge is 0.309 e. The molecule has 3 aromatic rings. The van der Waals surface area contributed by atoms with E-state index < -0.39 is 0 Å². The van der Waals surface area contributed by atoms with E-state index in [0.717, 1.165) is 16.0 Å². The number of nitriles is 1. The molecule has 2 heterocycles. The van der Waals surface area contributed by atoms with Gasteiger partial charge < -0.3 is 4.98 Å². The summed E-state index contributed by atoms with van der Waals surface area (Å²) in [7, 11) is 0. The summed E-state index contributed by atoms with van der Waals surface area (Å²) in [5.74, 6) is -0.0760. The molecule has 0 saturated heterocycles. The van der Waals surface area contributed by atoms with Crippen molar-refractivity contribution in [3.63, 3.8) is 0 Å². The molecule has 0 bridgehead atoms. The van der Waals surface area contributed by atoms with Crippen molar-refractivity contribution < 1.29 is 4.79 Å². The Balaban J connectivity index is 1.73. The minimum atomic E-state index is -0.379. The third kappa shape index (κ3) is 3.93. The molecule has 136 valence electrons. The van der Waals surface area contributed by atoms with Crippen LogP contribution in [0.25, 0.3) is 10.2 Å². The van der Waals surface area contributed by atoms with Gasteiger partial charge >= 0.3 is 0 Å². The van der Waals surface area contributed by atoms with Gasteiger partial charge in [0.1, 0.15) is 10.7 Å². The summed E-state index contributed by atoms with van der Waals surface area (Å²) < 4.78 is 0. The molecule has 7 nitrogen and oxygen atoms in total. The van der Waals surface area contributed by atoms with Crippen LogP contribution in [-0.2, 0) is 11.2 Å². The molecule has 0 aliphatic rings. The Morgan fingerprint density at radius 3 is 2.70 bits per heavy atom. The molecule has 27 heavy (non-hydrogen) atoms. The Hall–Kier alpha value is -3.31. The number of nitrogens with zero attached hydrogens (tertiary/aromatic N) is 3. The van der Waals surface area contributed by atoms with Gasteiger partial charge in [-0.25, -0.2) is 10.4 Å². The first-order valence-electron chi connectivity index (χ1n) is 8.21. The number of amides is 1. The van der Waals surface area contributed by atoms with Gasteiger partial charge in [-0.1, -0.05) is 12.1 Å². The maximum absolute atomic E-state index is 12.2. The number of fused-ring (bicyclic) bond motifs is 1. The molecule has 0 atom stereocenters. The second-order valence-electron chi connectivity index (χ2n) is 6.07. The molecule has 0 unspecified atom stereocenters. The van der Waals surface area contributed by atoms with Crippen LogP contribution in [0.4, 0.5) is 0 Å². The first-order chi connectivity index (χ1) is 12.9. The van der Waals surface area contributed by atoms with Crippen molar-refractivity contribution in [1.29, 1.82) is 5.26 Å². The number of aryl methyl sites for hydroxylation is 2. The van der Waals surface area contributed by atoms with Crippen molar-refractivity contribution in [1.82, 2.24) is 15.4 Å². The van der Waals surface area contributed by atoms with Crippen molar-refractivity contribution in [2.75, 3.05) is 0 Å². The number of hydrazone groups is 1. The molecule has 0 radical (unpaired) electrons. The van der Waals surface area contributed by atoms with E-state index in [1.807, 2.05) is 19.9 Å². The molecular formula is C19H17N5O2S. The first-order valence-corrected chi connectivity index (χ1v) is 9.03.